The number of halogens is 1. The van der Waals surface area contributed by atoms with Gasteiger partial charge in [-0.25, -0.2) is 4.39 Å². The van der Waals surface area contributed by atoms with E-state index in [1.807, 2.05) is 13.8 Å². The molecule has 4 nitrogen and oxygen atoms in total. The molecule has 0 heterocycles. The summed E-state index contributed by atoms with van der Waals surface area (Å²) in [4.78, 5) is 24.3. The molecule has 2 N–H and O–H groups in total. The average Bonchev–Trinajstić information content (AvgIpc) is 2.60. The first-order valence-corrected chi connectivity index (χ1v) is 7.93. The van der Waals surface area contributed by atoms with Gasteiger partial charge in [0.25, 0.3) is 11.8 Å². The van der Waals surface area contributed by atoms with Crippen LogP contribution in [0.2, 0.25) is 0 Å². The molecule has 0 aliphatic carbocycles. The largest absolute Gasteiger partial charge is 0.350 e. The highest BCUT2D eigenvalue weighted by molar-refractivity contribution is 5.99. The number of benzene rings is 2. The molecule has 5 heteroatoms. The van der Waals surface area contributed by atoms with Crippen LogP contribution in [0.15, 0.2) is 48.5 Å². The maximum Gasteiger partial charge on any atom is 0.251 e. The Balaban J connectivity index is 2.00. The van der Waals surface area contributed by atoms with E-state index in [-0.39, 0.29) is 23.7 Å². The summed E-state index contributed by atoms with van der Waals surface area (Å²) in [5.41, 5.74) is 1.66. The van der Waals surface area contributed by atoms with Gasteiger partial charge in [-0.1, -0.05) is 25.1 Å². The molecule has 0 saturated heterocycles. The molecule has 2 aromatic rings. The van der Waals surface area contributed by atoms with Crippen LogP contribution in [-0.4, -0.2) is 17.9 Å². The Kier molecular flexibility index (Phi) is 6.07. The van der Waals surface area contributed by atoms with Crippen LogP contribution in [0.5, 0.6) is 0 Å². The Hall–Kier alpha value is -2.69. The van der Waals surface area contributed by atoms with Gasteiger partial charge in [-0.15, -0.1) is 0 Å². The number of carbonyl (C=O) groups is 2. The van der Waals surface area contributed by atoms with E-state index in [0.717, 1.165) is 12.0 Å². The highest BCUT2D eigenvalue weighted by Crippen LogP contribution is 2.08. The monoisotopic (exact) mass is 328 g/mol. The van der Waals surface area contributed by atoms with Crippen molar-refractivity contribution in [1.29, 1.82) is 0 Å². The summed E-state index contributed by atoms with van der Waals surface area (Å²) < 4.78 is 12.9. The van der Waals surface area contributed by atoms with Crippen molar-refractivity contribution in [3.8, 4) is 0 Å². The molecule has 0 radical (unpaired) electrons. The van der Waals surface area contributed by atoms with E-state index in [0.29, 0.717) is 17.7 Å². The van der Waals surface area contributed by atoms with Crippen LogP contribution in [0.25, 0.3) is 0 Å². The van der Waals surface area contributed by atoms with Crippen molar-refractivity contribution in [1.82, 2.24) is 10.6 Å². The van der Waals surface area contributed by atoms with Crippen molar-refractivity contribution >= 4 is 11.8 Å². The molecular weight excluding hydrogens is 307 g/mol. The third-order valence-corrected chi connectivity index (χ3v) is 3.74. The van der Waals surface area contributed by atoms with Gasteiger partial charge >= 0.3 is 0 Å². The Morgan fingerprint density at radius 3 is 2.29 bits per heavy atom. The first kappa shape index (κ1) is 17.7. The Morgan fingerprint density at radius 2 is 1.67 bits per heavy atom. The highest BCUT2D eigenvalue weighted by Gasteiger charge is 2.12. The first-order chi connectivity index (χ1) is 11.5. The number of hydrogen-bond donors (Lipinski definition) is 2. The molecule has 0 bridgehead atoms. The second-order valence-electron chi connectivity index (χ2n) is 5.67. The lowest BCUT2D eigenvalue weighted by Crippen LogP contribution is -2.32. The molecule has 126 valence electrons. The standard InChI is InChI=1S/C19H21FN2O2/c1-3-13(2)22-19(24)16-6-4-5-15(11-16)18(23)21-12-14-7-9-17(20)10-8-14/h4-11,13H,3,12H2,1-2H3,(H,21,23)(H,22,24). The summed E-state index contributed by atoms with van der Waals surface area (Å²) in [5.74, 6) is -0.792. The first-order valence-electron chi connectivity index (χ1n) is 7.93. The van der Waals surface area contributed by atoms with Gasteiger partial charge in [-0.2, -0.15) is 0 Å². The fourth-order valence-corrected chi connectivity index (χ4v) is 2.10. The van der Waals surface area contributed by atoms with E-state index >= 15 is 0 Å². The smallest absolute Gasteiger partial charge is 0.251 e. The van der Waals surface area contributed by atoms with E-state index < -0.39 is 0 Å². The second-order valence-corrected chi connectivity index (χ2v) is 5.67. The Morgan fingerprint density at radius 1 is 1.04 bits per heavy atom. The number of rotatable bonds is 6. The minimum Gasteiger partial charge on any atom is -0.350 e. The van der Waals surface area contributed by atoms with Gasteiger partial charge in [-0.05, 0) is 49.2 Å². The van der Waals surface area contributed by atoms with Crippen molar-refractivity contribution in [3.63, 3.8) is 0 Å². The van der Waals surface area contributed by atoms with Crippen molar-refractivity contribution < 1.29 is 14.0 Å². The van der Waals surface area contributed by atoms with E-state index in [1.54, 1.807) is 36.4 Å². The summed E-state index contributed by atoms with van der Waals surface area (Å²) >= 11 is 0. The predicted octanol–water partition coefficient (Wildman–Crippen LogP) is 3.28. The minimum atomic E-state index is -0.315. The van der Waals surface area contributed by atoms with Gasteiger partial charge in [0.1, 0.15) is 5.82 Å². The normalized spacial score (nSPS) is 11.6. The number of hydrogen-bond acceptors (Lipinski definition) is 2. The van der Waals surface area contributed by atoms with E-state index in [9.17, 15) is 14.0 Å². The molecule has 2 amide bonds. The lowest BCUT2D eigenvalue weighted by Gasteiger charge is -2.12. The molecule has 0 aromatic heterocycles. The van der Waals surface area contributed by atoms with Gasteiger partial charge in [0.2, 0.25) is 0 Å². The molecule has 2 rings (SSSR count). The lowest BCUT2D eigenvalue weighted by molar-refractivity contribution is 0.0939. The summed E-state index contributed by atoms with van der Waals surface area (Å²) in [5, 5.41) is 5.63. The van der Waals surface area contributed by atoms with E-state index in [1.165, 1.54) is 12.1 Å². The van der Waals surface area contributed by atoms with Crippen molar-refractivity contribution in [3.05, 3.63) is 71.0 Å². The number of amides is 2. The maximum atomic E-state index is 12.9. The van der Waals surface area contributed by atoms with Crippen LogP contribution in [-0.2, 0) is 6.54 Å². The molecule has 0 spiro atoms. The van der Waals surface area contributed by atoms with Crippen LogP contribution in [0.3, 0.4) is 0 Å². The maximum absolute atomic E-state index is 12.9. The quantitative estimate of drug-likeness (QED) is 0.855. The summed E-state index contributed by atoms with van der Waals surface area (Å²) in [7, 11) is 0. The van der Waals surface area contributed by atoms with Crippen molar-refractivity contribution in [2.75, 3.05) is 0 Å². The Bertz CT molecular complexity index is 714. The second kappa shape index (κ2) is 8.24. The van der Waals surface area contributed by atoms with Crippen LogP contribution >= 0.6 is 0 Å². The van der Waals surface area contributed by atoms with Gasteiger partial charge in [0, 0.05) is 23.7 Å². The molecule has 1 unspecified atom stereocenters. The van der Waals surface area contributed by atoms with Crippen LogP contribution in [0.1, 0.15) is 46.5 Å². The van der Waals surface area contributed by atoms with Crippen LogP contribution in [0, 0.1) is 5.82 Å². The van der Waals surface area contributed by atoms with Crippen LogP contribution < -0.4 is 10.6 Å². The lowest BCUT2D eigenvalue weighted by atomic mass is 10.1. The molecule has 0 saturated carbocycles. The fourth-order valence-electron chi connectivity index (χ4n) is 2.10. The van der Waals surface area contributed by atoms with Crippen molar-refractivity contribution in [2.45, 2.75) is 32.9 Å². The van der Waals surface area contributed by atoms with Crippen molar-refractivity contribution in [2.24, 2.45) is 0 Å². The minimum absolute atomic E-state index is 0.0773. The fraction of sp³-hybridized carbons (Fsp3) is 0.263. The zero-order chi connectivity index (χ0) is 17.5. The third kappa shape index (κ3) is 4.91. The summed E-state index contributed by atoms with van der Waals surface area (Å²) in [6, 6.07) is 12.6. The van der Waals surface area contributed by atoms with Gasteiger partial charge < -0.3 is 10.6 Å². The zero-order valence-electron chi connectivity index (χ0n) is 13.8. The third-order valence-electron chi connectivity index (χ3n) is 3.74. The molecule has 2 aromatic carbocycles. The molecule has 24 heavy (non-hydrogen) atoms. The molecule has 0 aliphatic rings. The average molecular weight is 328 g/mol. The SMILES string of the molecule is CCC(C)NC(=O)c1cccc(C(=O)NCc2ccc(F)cc2)c1. The zero-order valence-corrected chi connectivity index (χ0v) is 13.8. The highest BCUT2D eigenvalue weighted by atomic mass is 19.1. The van der Waals surface area contributed by atoms with Gasteiger partial charge in [0.15, 0.2) is 0 Å². The van der Waals surface area contributed by atoms with E-state index in [4.69, 9.17) is 0 Å². The molecule has 0 fully saturated rings. The van der Waals surface area contributed by atoms with Gasteiger partial charge in [0.05, 0.1) is 0 Å². The Labute approximate surface area is 141 Å². The van der Waals surface area contributed by atoms with Crippen LogP contribution in [0.4, 0.5) is 4.39 Å². The van der Waals surface area contributed by atoms with E-state index in [2.05, 4.69) is 10.6 Å². The summed E-state index contributed by atoms with van der Waals surface area (Å²) in [6.07, 6.45) is 0.837. The van der Waals surface area contributed by atoms with Gasteiger partial charge in [-0.3, -0.25) is 9.59 Å². The molecule has 0 aliphatic heterocycles. The number of nitrogens with one attached hydrogen (secondary N) is 2. The predicted molar refractivity (Wildman–Crippen MR) is 91.2 cm³/mol. The number of carbonyl (C=O) groups excluding carboxylic acids is 2. The topological polar surface area (TPSA) is 58.2 Å². The molecule has 1 atom stereocenters. The summed E-state index contributed by atoms with van der Waals surface area (Å²) in [6.45, 7) is 4.21. The molecular formula is C19H21FN2O2.